The molecule has 24 heavy (non-hydrogen) atoms. The second-order valence-electron chi connectivity index (χ2n) is 5.58. The second kappa shape index (κ2) is 6.28. The maximum Gasteiger partial charge on any atom is 0.206 e. The van der Waals surface area contributed by atoms with Crippen molar-refractivity contribution in [3.05, 3.63) is 53.3 Å². The third-order valence-corrected chi connectivity index (χ3v) is 3.82. The third kappa shape index (κ3) is 2.69. The van der Waals surface area contributed by atoms with Crippen LogP contribution in [0.1, 0.15) is 28.4 Å². The Morgan fingerprint density at radius 1 is 1.25 bits per heavy atom. The van der Waals surface area contributed by atoms with Gasteiger partial charge >= 0.3 is 0 Å². The third-order valence-electron chi connectivity index (χ3n) is 3.82. The molecule has 0 fully saturated rings. The number of aromatic hydroxyl groups is 1. The van der Waals surface area contributed by atoms with Crippen molar-refractivity contribution in [2.45, 2.75) is 20.5 Å². The van der Waals surface area contributed by atoms with Crippen LogP contribution < -0.4 is 9.47 Å². The molecule has 0 radical (unpaired) electrons. The van der Waals surface area contributed by atoms with E-state index >= 15 is 0 Å². The van der Waals surface area contributed by atoms with Gasteiger partial charge < -0.3 is 19.0 Å². The number of rotatable bonds is 5. The first-order valence-electron chi connectivity index (χ1n) is 7.52. The summed E-state index contributed by atoms with van der Waals surface area (Å²) in [7, 11) is 1.45. The van der Waals surface area contributed by atoms with Gasteiger partial charge in [0.25, 0.3) is 0 Å². The summed E-state index contributed by atoms with van der Waals surface area (Å²) in [5.74, 6) is -0.156. The Balaban J connectivity index is 2.08. The number of benzene rings is 2. The molecule has 0 aliphatic carbocycles. The molecule has 124 valence electrons. The molecular weight excluding hydrogens is 308 g/mol. The van der Waals surface area contributed by atoms with Gasteiger partial charge in [0.2, 0.25) is 5.75 Å². The number of phenols is 1. The standard InChI is InChI=1S/C19H18O5/c1-11-5-4-6-13(9-11)10-24-19-16(21)15(12(2)20)17(22-3)14-7-8-23-18(14)19/h4-9,21H,10H2,1-3H3. The molecule has 0 spiro atoms. The predicted molar refractivity (Wildman–Crippen MR) is 89.9 cm³/mol. The summed E-state index contributed by atoms with van der Waals surface area (Å²) < 4.78 is 16.5. The fourth-order valence-corrected chi connectivity index (χ4v) is 2.76. The highest BCUT2D eigenvalue weighted by Crippen LogP contribution is 2.46. The van der Waals surface area contributed by atoms with Crippen molar-refractivity contribution >= 4 is 16.8 Å². The van der Waals surface area contributed by atoms with Gasteiger partial charge in [-0.2, -0.15) is 0 Å². The van der Waals surface area contributed by atoms with Crippen LogP contribution in [-0.2, 0) is 6.61 Å². The number of hydrogen-bond acceptors (Lipinski definition) is 5. The Hall–Kier alpha value is -2.95. The zero-order valence-electron chi connectivity index (χ0n) is 13.8. The maximum atomic E-state index is 12.0. The topological polar surface area (TPSA) is 68.9 Å². The molecule has 3 rings (SSSR count). The fourth-order valence-electron chi connectivity index (χ4n) is 2.76. The number of ether oxygens (including phenoxy) is 2. The number of aryl methyl sites for hydroxylation is 1. The number of phenolic OH excluding ortho intramolecular Hbond substituents is 1. The molecule has 3 aromatic rings. The molecule has 0 unspecified atom stereocenters. The number of furan rings is 1. The van der Waals surface area contributed by atoms with Crippen molar-refractivity contribution in [3.8, 4) is 17.2 Å². The van der Waals surface area contributed by atoms with E-state index in [1.54, 1.807) is 6.07 Å². The van der Waals surface area contributed by atoms with Gasteiger partial charge in [-0.15, -0.1) is 0 Å². The lowest BCUT2D eigenvalue weighted by Gasteiger charge is -2.14. The maximum absolute atomic E-state index is 12.0. The van der Waals surface area contributed by atoms with Crippen LogP contribution in [-0.4, -0.2) is 18.0 Å². The van der Waals surface area contributed by atoms with Crippen LogP contribution in [0.3, 0.4) is 0 Å². The lowest BCUT2D eigenvalue weighted by Crippen LogP contribution is -2.03. The molecule has 1 aromatic heterocycles. The van der Waals surface area contributed by atoms with E-state index in [1.807, 2.05) is 31.2 Å². The van der Waals surface area contributed by atoms with Crippen LogP contribution >= 0.6 is 0 Å². The van der Waals surface area contributed by atoms with E-state index < -0.39 is 0 Å². The quantitative estimate of drug-likeness (QED) is 0.710. The van der Waals surface area contributed by atoms with Gasteiger partial charge in [-0.25, -0.2) is 0 Å². The molecule has 0 amide bonds. The summed E-state index contributed by atoms with van der Waals surface area (Å²) in [5, 5.41) is 11.1. The van der Waals surface area contributed by atoms with Crippen molar-refractivity contribution in [3.63, 3.8) is 0 Å². The van der Waals surface area contributed by atoms with Crippen LogP contribution in [0.5, 0.6) is 17.2 Å². The molecule has 0 aliphatic rings. The van der Waals surface area contributed by atoms with Crippen LogP contribution in [0.4, 0.5) is 0 Å². The number of Topliss-reactive ketones (excluding diaryl/α,β-unsaturated/α-hetero) is 1. The van der Waals surface area contributed by atoms with Gasteiger partial charge in [0.05, 0.1) is 18.8 Å². The highest BCUT2D eigenvalue weighted by atomic mass is 16.5. The lowest BCUT2D eigenvalue weighted by atomic mass is 10.0. The average molecular weight is 326 g/mol. The summed E-state index contributed by atoms with van der Waals surface area (Å²) in [4.78, 5) is 12.0. The van der Waals surface area contributed by atoms with E-state index in [9.17, 15) is 9.90 Å². The van der Waals surface area contributed by atoms with Crippen molar-refractivity contribution in [1.82, 2.24) is 0 Å². The van der Waals surface area contributed by atoms with E-state index in [1.165, 1.54) is 20.3 Å². The first-order valence-corrected chi connectivity index (χ1v) is 7.52. The van der Waals surface area contributed by atoms with Gasteiger partial charge in [0.1, 0.15) is 17.9 Å². The summed E-state index contributed by atoms with van der Waals surface area (Å²) >= 11 is 0. The molecule has 0 saturated carbocycles. The molecule has 2 aromatic carbocycles. The number of fused-ring (bicyclic) bond motifs is 1. The van der Waals surface area contributed by atoms with E-state index in [0.29, 0.717) is 11.0 Å². The molecule has 5 heteroatoms. The van der Waals surface area contributed by atoms with E-state index in [4.69, 9.17) is 13.9 Å². The zero-order valence-corrected chi connectivity index (χ0v) is 13.8. The van der Waals surface area contributed by atoms with Gasteiger partial charge in [-0.1, -0.05) is 29.8 Å². The predicted octanol–water partition coefficient (Wildman–Crippen LogP) is 4.24. The molecule has 0 bridgehead atoms. The summed E-state index contributed by atoms with van der Waals surface area (Å²) in [6, 6.07) is 9.53. The van der Waals surface area contributed by atoms with Crippen molar-refractivity contribution < 1.29 is 23.8 Å². The van der Waals surface area contributed by atoms with Crippen LogP contribution in [0, 0.1) is 6.92 Å². The van der Waals surface area contributed by atoms with Crippen molar-refractivity contribution in [2.24, 2.45) is 0 Å². The normalized spacial score (nSPS) is 10.8. The van der Waals surface area contributed by atoms with Crippen LogP contribution in [0.2, 0.25) is 0 Å². The monoisotopic (exact) mass is 326 g/mol. The molecule has 1 heterocycles. The highest BCUT2D eigenvalue weighted by molar-refractivity contribution is 6.08. The van der Waals surface area contributed by atoms with Crippen molar-refractivity contribution in [1.29, 1.82) is 0 Å². The smallest absolute Gasteiger partial charge is 0.206 e. The average Bonchev–Trinajstić information content (AvgIpc) is 3.01. The Bertz CT molecular complexity index is 908. The number of carbonyl (C=O) groups is 1. The van der Waals surface area contributed by atoms with Crippen LogP contribution in [0.25, 0.3) is 11.0 Å². The Morgan fingerprint density at radius 2 is 2.04 bits per heavy atom. The molecular formula is C19H18O5. The molecule has 1 N–H and O–H groups in total. The van der Waals surface area contributed by atoms with E-state index in [2.05, 4.69) is 0 Å². The number of ketones is 1. The largest absolute Gasteiger partial charge is 0.504 e. The minimum atomic E-state index is -0.312. The number of hydrogen-bond donors (Lipinski definition) is 1. The number of methoxy groups -OCH3 is 1. The minimum absolute atomic E-state index is 0.0886. The number of carbonyl (C=O) groups excluding carboxylic acids is 1. The van der Waals surface area contributed by atoms with Crippen molar-refractivity contribution in [2.75, 3.05) is 7.11 Å². The summed E-state index contributed by atoms with van der Waals surface area (Å²) in [6.07, 6.45) is 1.47. The van der Waals surface area contributed by atoms with Gasteiger partial charge in [0.15, 0.2) is 17.1 Å². The SMILES string of the molecule is COc1c(C(C)=O)c(O)c(OCc2cccc(C)c2)c2occc12. The first kappa shape index (κ1) is 15.9. The fraction of sp³-hybridized carbons (Fsp3) is 0.211. The van der Waals surface area contributed by atoms with Gasteiger partial charge in [-0.05, 0) is 25.5 Å². The van der Waals surface area contributed by atoms with E-state index in [0.717, 1.165) is 11.1 Å². The zero-order chi connectivity index (χ0) is 17.3. The second-order valence-corrected chi connectivity index (χ2v) is 5.58. The van der Waals surface area contributed by atoms with Gasteiger partial charge in [-0.3, -0.25) is 4.79 Å². The molecule has 0 aliphatic heterocycles. The Kier molecular flexibility index (Phi) is 4.16. The van der Waals surface area contributed by atoms with E-state index in [-0.39, 0.29) is 35.2 Å². The highest BCUT2D eigenvalue weighted by Gasteiger charge is 2.25. The van der Waals surface area contributed by atoms with Gasteiger partial charge in [0, 0.05) is 0 Å². The lowest BCUT2D eigenvalue weighted by molar-refractivity contribution is 0.101. The summed E-state index contributed by atoms with van der Waals surface area (Å²) in [6.45, 7) is 3.61. The Morgan fingerprint density at radius 3 is 2.71 bits per heavy atom. The molecule has 5 nitrogen and oxygen atoms in total. The Labute approximate surface area is 139 Å². The molecule has 0 saturated heterocycles. The minimum Gasteiger partial charge on any atom is -0.504 e. The first-order chi connectivity index (χ1) is 11.5. The molecule has 0 atom stereocenters. The summed E-state index contributed by atoms with van der Waals surface area (Å²) in [5.41, 5.74) is 2.50. The van der Waals surface area contributed by atoms with Crippen LogP contribution in [0.15, 0.2) is 41.0 Å².